The summed E-state index contributed by atoms with van der Waals surface area (Å²) in [6.45, 7) is 0.654. The van der Waals surface area contributed by atoms with Crippen LogP contribution in [0.2, 0.25) is 0 Å². The molecule has 0 aromatic heterocycles. The Balaban J connectivity index is 2.53. The predicted molar refractivity (Wildman–Crippen MR) is 74.7 cm³/mol. The summed E-state index contributed by atoms with van der Waals surface area (Å²) < 4.78 is 5.07. The minimum absolute atomic E-state index is 0.0569. The standard InChI is InChI=1S/C14H20N2O4/c1-15(9-8-13(17)18)14(19)16(2)10-11-4-6-12(20-3)7-5-11/h4-7H,8-10H2,1-3H3,(H,17,18). The van der Waals surface area contributed by atoms with E-state index >= 15 is 0 Å². The van der Waals surface area contributed by atoms with Gasteiger partial charge in [-0.05, 0) is 17.7 Å². The number of amides is 2. The molecule has 1 rings (SSSR count). The fraction of sp³-hybridized carbons (Fsp3) is 0.429. The van der Waals surface area contributed by atoms with E-state index in [1.165, 1.54) is 4.90 Å². The molecule has 0 heterocycles. The first kappa shape index (κ1) is 15.8. The Morgan fingerprint density at radius 3 is 2.25 bits per heavy atom. The molecule has 20 heavy (non-hydrogen) atoms. The van der Waals surface area contributed by atoms with E-state index in [-0.39, 0.29) is 19.0 Å². The van der Waals surface area contributed by atoms with Crippen molar-refractivity contribution in [3.63, 3.8) is 0 Å². The smallest absolute Gasteiger partial charge is 0.319 e. The molecule has 0 fully saturated rings. The third kappa shape index (κ3) is 4.79. The van der Waals surface area contributed by atoms with Gasteiger partial charge in [0.15, 0.2) is 0 Å². The minimum atomic E-state index is -0.914. The summed E-state index contributed by atoms with van der Waals surface area (Å²) in [5, 5.41) is 8.60. The van der Waals surface area contributed by atoms with Gasteiger partial charge in [0.25, 0.3) is 0 Å². The van der Waals surface area contributed by atoms with Crippen LogP contribution in [-0.4, -0.2) is 54.7 Å². The number of carbonyl (C=O) groups is 2. The quantitative estimate of drug-likeness (QED) is 0.860. The summed E-state index contributed by atoms with van der Waals surface area (Å²) in [4.78, 5) is 25.4. The molecule has 6 heteroatoms. The van der Waals surface area contributed by atoms with Gasteiger partial charge < -0.3 is 19.6 Å². The van der Waals surface area contributed by atoms with Crippen LogP contribution >= 0.6 is 0 Å². The van der Waals surface area contributed by atoms with Crippen LogP contribution in [-0.2, 0) is 11.3 Å². The molecule has 0 bridgehead atoms. The second-order valence-electron chi connectivity index (χ2n) is 4.55. The highest BCUT2D eigenvalue weighted by molar-refractivity contribution is 5.75. The lowest BCUT2D eigenvalue weighted by Crippen LogP contribution is -2.39. The van der Waals surface area contributed by atoms with Gasteiger partial charge >= 0.3 is 12.0 Å². The maximum absolute atomic E-state index is 12.0. The number of benzene rings is 1. The Labute approximate surface area is 118 Å². The minimum Gasteiger partial charge on any atom is -0.497 e. The Bertz CT molecular complexity index is 459. The molecule has 1 N–H and O–H groups in total. The first-order valence-corrected chi connectivity index (χ1v) is 6.25. The Morgan fingerprint density at radius 2 is 1.75 bits per heavy atom. The van der Waals surface area contributed by atoms with Crippen molar-refractivity contribution in [2.24, 2.45) is 0 Å². The SMILES string of the molecule is COc1ccc(CN(C)C(=O)N(C)CCC(=O)O)cc1. The fourth-order valence-corrected chi connectivity index (χ4v) is 1.72. The lowest BCUT2D eigenvalue weighted by molar-refractivity contribution is -0.137. The highest BCUT2D eigenvalue weighted by atomic mass is 16.5. The van der Waals surface area contributed by atoms with E-state index < -0.39 is 5.97 Å². The molecule has 6 nitrogen and oxygen atoms in total. The normalized spacial score (nSPS) is 9.95. The molecule has 2 amide bonds. The average molecular weight is 280 g/mol. The van der Waals surface area contributed by atoms with E-state index in [0.717, 1.165) is 11.3 Å². The second-order valence-corrected chi connectivity index (χ2v) is 4.55. The van der Waals surface area contributed by atoms with Gasteiger partial charge in [0.2, 0.25) is 0 Å². The van der Waals surface area contributed by atoms with Crippen molar-refractivity contribution in [1.82, 2.24) is 9.80 Å². The topological polar surface area (TPSA) is 70.1 Å². The van der Waals surface area contributed by atoms with Crippen LogP contribution in [0.5, 0.6) is 5.75 Å². The number of rotatable bonds is 6. The molecule has 0 aliphatic heterocycles. The van der Waals surface area contributed by atoms with Crippen LogP contribution in [0.15, 0.2) is 24.3 Å². The van der Waals surface area contributed by atoms with Gasteiger partial charge in [-0.1, -0.05) is 12.1 Å². The number of nitrogens with zero attached hydrogens (tertiary/aromatic N) is 2. The van der Waals surface area contributed by atoms with E-state index in [1.807, 2.05) is 24.3 Å². The molecule has 0 aliphatic carbocycles. The number of hydrogen-bond acceptors (Lipinski definition) is 3. The van der Waals surface area contributed by atoms with Gasteiger partial charge in [0.1, 0.15) is 5.75 Å². The van der Waals surface area contributed by atoms with Crippen LogP contribution < -0.4 is 4.74 Å². The molecule has 0 aliphatic rings. The summed E-state index contributed by atoms with van der Waals surface area (Å²) in [5.74, 6) is -0.149. The number of urea groups is 1. The van der Waals surface area contributed by atoms with E-state index in [0.29, 0.717) is 6.54 Å². The average Bonchev–Trinajstić information content (AvgIpc) is 2.44. The largest absolute Gasteiger partial charge is 0.497 e. The van der Waals surface area contributed by atoms with Crippen molar-refractivity contribution >= 4 is 12.0 Å². The zero-order valence-corrected chi connectivity index (χ0v) is 12.0. The molecule has 0 spiro atoms. The maximum Gasteiger partial charge on any atom is 0.319 e. The lowest BCUT2D eigenvalue weighted by Gasteiger charge is -2.24. The molecular weight excluding hydrogens is 260 g/mol. The molecule has 1 aromatic rings. The summed E-state index contributed by atoms with van der Waals surface area (Å²) in [6, 6.07) is 7.24. The molecule has 0 radical (unpaired) electrons. The van der Waals surface area contributed by atoms with Crippen molar-refractivity contribution in [3.8, 4) is 5.75 Å². The van der Waals surface area contributed by atoms with E-state index in [4.69, 9.17) is 9.84 Å². The number of carboxylic acids is 1. The van der Waals surface area contributed by atoms with Crippen LogP contribution in [0.4, 0.5) is 4.79 Å². The van der Waals surface area contributed by atoms with Crippen LogP contribution in [0.25, 0.3) is 0 Å². The van der Waals surface area contributed by atoms with Gasteiger partial charge in [-0.25, -0.2) is 4.79 Å². The number of carboxylic acid groups (broad SMARTS) is 1. The molecule has 0 atom stereocenters. The number of hydrogen-bond donors (Lipinski definition) is 1. The fourth-order valence-electron chi connectivity index (χ4n) is 1.72. The van der Waals surface area contributed by atoms with Crippen molar-refractivity contribution in [1.29, 1.82) is 0 Å². The molecule has 0 unspecified atom stereocenters. The van der Waals surface area contributed by atoms with Gasteiger partial charge in [-0.3, -0.25) is 4.79 Å². The maximum atomic E-state index is 12.0. The predicted octanol–water partition coefficient (Wildman–Crippen LogP) is 1.65. The van der Waals surface area contributed by atoms with Crippen LogP contribution in [0.1, 0.15) is 12.0 Å². The van der Waals surface area contributed by atoms with Crippen molar-refractivity contribution in [2.75, 3.05) is 27.7 Å². The Hall–Kier alpha value is -2.24. The van der Waals surface area contributed by atoms with Crippen molar-refractivity contribution in [2.45, 2.75) is 13.0 Å². The molecule has 110 valence electrons. The summed E-state index contributed by atoms with van der Waals surface area (Å²) in [6.07, 6.45) is -0.0569. The summed E-state index contributed by atoms with van der Waals surface area (Å²) in [7, 11) is 4.88. The van der Waals surface area contributed by atoms with Crippen LogP contribution in [0, 0.1) is 0 Å². The Kier molecular flexibility index (Phi) is 5.83. The first-order valence-electron chi connectivity index (χ1n) is 6.25. The van der Waals surface area contributed by atoms with Gasteiger partial charge in [0, 0.05) is 27.2 Å². The zero-order chi connectivity index (χ0) is 15.1. The zero-order valence-electron chi connectivity index (χ0n) is 12.0. The number of carbonyl (C=O) groups excluding carboxylic acids is 1. The number of ether oxygens (including phenoxy) is 1. The van der Waals surface area contributed by atoms with Gasteiger partial charge in [0.05, 0.1) is 13.5 Å². The monoisotopic (exact) mass is 280 g/mol. The van der Waals surface area contributed by atoms with E-state index in [9.17, 15) is 9.59 Å². The summed E-state index contributed by atoms with van der Waals surface area (Å²) in [5.41, 5.74) is 0.980. The number of aliphatic carboxylic acids is 1. The second kappa shape index (κ2) is 7.37. The van der Waals surface area contributed by atoms with Gasteiger partial charge in [-0.2, -0.15) is 0 Å². The van der Waals surface area contributed by atoms with Gasteiger partial charge in [-0.15, -0.1) is 0 Å². The number of methoxy groups -OCH3 is 1. The molecular formula is C14H20N2O4. The molecule has 0 saturated carbocycles. The van der Waals surface area contributed by atoms with Crippen LogP contribution in [0.3, 0.4) is 0 Å². The van der Waals surface area contributed by atoms with E-state index in [2.05, 4.69) is 0 Å². The molecule has 0 saturated heterocycles. The van der Waals surface area contributed by atoms with Crippen molar-refractivity contribution < 1.29 is 19.4 Å². The lowest BCUT2D eigenvalue weighted by atomic mass is 10.2. The third-order valence-electron chi connectivity index (χ3n) is 2.89. The van der Waals surface area contributed by atoms with E-state index in [1.54, 1.807) is 26.1 Å². The molecule has 1 aromatic carbocycles. The van der Waals surface area contributed by atoms with Crippen molar-refractivity contribution in [3.05, 3.63) is 29.8 Å². The third-order valence-corrected chi connectivity index (χ3v) is 2.89. The first-order chi connectivity index (χ1) is 9.43. The Morgan fingerprint density at radius 1 is 1.15 bits per heavy atom. The highest BCUT2D eigenvalue weighted by Crippen LogP contribution is 2.13. The summed E-state index contributed by atoms with van der Waals surface area (Å²) >= 11 is 0. The highest BCUT2D eigenvalue weighted by Gasteiger charge is 2.15.